The molecule has 0 rings (SSSR count). The second-order valence-electron chi connectivity index (χ2n) is 2.11. The minimum Gasteiger partial charge on any atom is -0.425 e. The molecule has 3 N–H and O–H groups in total. The maximum atomic E-state index is 9.99. The van der Waals surface area contributed by atoms with Gasteiger partial charge in [0.25, 0.3) is 0 Å². The Balaban J connectivity index is 4.20. The molecule has 0 amide bonds. The van der Waals surface area contributed by atoms with Crippen molar-refractivity contribution in [3.8, 4) is 0 Å². The van der Waals surface area contributed by atoms with E-state index in [1.165, 1.54) is 0 Å². The lowest BCUT2D eigenvalue weighted by Crippen LogP contribution is -2.41. The lowest BCUT2D eigenvalue weighted by atomic mass is 10.1. The van der Waals surface area contributed by atoms with Gasteiger partial charge in [0, 0.05) is 4.91 Å². The molecule has 3 atom stereocenters. The predicted octanol–water partition coefficient (Wildman–Crippen LogP) is -1.49. The van der Waals surface area contributed by atoms with Crippen LogP contribution in [0.2, 0.25) is 0 Å². The van der Waals surface area contributed by atoms with Crippen LogP contribution in [0.3, 0.4) is 0 Å². The van der Waals surface area contributed by atoms with Crippen molar-refractivity contribution in [3.63, 3.8) is 0 Å². The van der Waals surface area contributed by atoms with Crippen molar-refractivity contribution in [2.24, 2.45) is 5.28 Å². The maximum absolute atomic E-state index is 9.99. The van der Waals surface area contributed by atoms with Gasteiger partial charge >= 0.3 is 0 Å². The van der Waals surface area contributed by atoms with Crippen molar-refractivity contribution in [1.29, 1.82) is 0 Å². The average molecular weight is 191 g/mol. The van der Waals surface area contributed by atoms with Crippen molar-refractivity contribution >= 4 is 6.29 Å². The Morgan fingerprint density at radius 3 is 2.62 bits per heavy atom. The summed E-state index contributed by atoms with van der Waals surface area (Å²) in [5.41, 5.74) is 7.83. The highest BCUT2D eigenvalue weighted by atomic mass is 16.7. The number of nitrogens with zero attached hydrogens (tertiary/aromatic N) is 3. The van der Waals surface area contributed by atoms with Crippen molar-refractivity contribution in [2.75, 3.05) is 6.61 Å². The lowest BCUT2D eigenvalue weighted by Gasteiger charge is -2.19. The van der Waals surface area contributed by atoms with Crippen LogP contribution in [0.4, 0.5) is 0 Å². The Kier molecular flexibility index (Phi) is 5.57. The van der Waals surface area contributed by atoms with Gasteiger partial charge in [0.2, 0.25) is 0 Å². The lowest BCUT2D eigenvalue weighted by molar-refractivity contribution is -0.134. The summed E-state index contributed by atoms with van der Waals surface area (Å²) in [6, 6.07) is 0. The number of rotatable bonds is 6. The van der Waals surface area contributed by atoms with E-state index in [4.69, 9.17) is 20.9 Å². The summed E-state index contributed by atoms with van der Waals surface area (Å²) in [5.74, 6) is 0. The molecule has 0 fully saturated rings. The number of aliphatic hydroxyl groups is 3. The summed E-state index contributed by atoms with van der Waals surface area (Å²) in [5, 5.41) is 29.0. The molecule has 0 aliphatic rings. The molecule has 0 unspecified atom stereocenters. The van der Waals surface area contributed by atoms with Gasteiger partial charge in [0.15, 0.2) is 12.4 Å². The molecule has 0 radical (unpaired) electrons. The van der Waals surface area contributed by atoms with Gasteiger partial charge in [0.05, 0.1) is 6.61 Å². The fraction of sp³-hybridized carbons (Fsp3) is 0.800. The highest BCUT2D eigenvalue weighted by molar-refractivity contribution is 5.56. The summed E-state index contributed by atoms with van der Waals surface area (Å²) in [6.07, 6.45) is -4.57. The normalized spacial score (nSPS) is 16.5. The SMILES string of the molecule is [N-]=[N+]=NO[C@H](CO)[C@@H](O)[C@@H](O)C=O. The third-order valence-electron chi connectivity index (χ3n) is 1.27. The number of carbonyl (C=O) groups excluding carboxylic acids is 1. The average Bonchev–Trinajstić information content (AvgIpc) is 2.17. The summed E-state index contributed by atoms with van der Waals surface area (Å²) >= 11 is 0. The van der Waals surface area contributed by atoms with Gasteiger partial charge in [-0.3, -0.25) is 0 Å². The fourth-order valence-corrected chi connectivity index (χ4v) is 0.586. The van der Waals surface area contributed by atoms with E-state index in [1.54, 1.807) is 0 Å². The second-order valence-corrected chi connectivity index (χ2v) is 2.11. The van der Waals surface area contributed by atoms with Crippen LogP contribution in [0.25, 0.3) is 10.4 Å². The van der Waals surface area contributed by atoms with E-state index in [2.05, 4.69) is 15.0 Å². The van der Waals surface area contributed by atoms with Gasteiger partial charge in [-0.05, 0) is 5.53 Å². The van der Waals surface area contributed by atoms with Crippen molar-refractivity contribution in [2.45, 2.75) is 18.3 Å². The molecular formula is C5H9N3O5. The first-order valence-corrected chi connectivity index (χ1v) is 3.29. The van der Waals surface area contributed by atoms with Crippen LogP contribution in [0.15, 0.2) is 5.28 Å². The zero-order valence-electron chi connectivity index (χ0n) is 6.52. The summed E-state index contributed by atoms with van der Waals surface area (Å²) < 4.78 is 0. The summed E-state index contributed by atoms with van der Waals surface area (Å²) in [6.45, 7) is -0.689. The smallest absolute Gasteiger partial charge is 0.159 e. The van der Waals surface area contributed by atoms with Gasteiger partial charge in [-0.25, -0.2) is 0 Å². The van der Waals surface area contributed by atoms with E-state index in [0.29, 0.717) is 0 Å². The Morgan fingerprint density at radius 1 is 1.62 bits per heavy atom. The van der Waals surface area contributed by atoms with E-state index in [1.807, 2.05) is 0 Å². The third-order valence-corrected chi connectivity index (χ3v) is 1.27. The zero-order valence-corrected chi connectivity index (χ0v) is 6.52. The van der Waals surface area contributed by atoms with E-state index >= 15 is 0 Å². The zero-order chi connectivity index (χ0) is 10.3. The minimum atomic E-state index is -1.69. The van der Waals surface area contributed by atoms with Gasteiger partial charge in [-0.15, -0.1) is 0 Å². The Labute approximate surface area is 72.9 Å². The molecule has 0 aromatic heterocycles. The third kappa shape index (κ3) is 3.72. The van der Waals surface area contributed by atoms with Crippen LogP contribution in [0.1, 0.15) is 0 Å². The number of hydrogen-bond acceptors (Lipinski definition) is 6. The van der Waals surface area contributed by atoms with E-state index in [9.17, 15) is 4.79 Å². The first kappa shape index (κ1) is 11.7. The van der Waals surface area contributed by atoms with Crippen molar-refractivity contribution in [3.05, 3.63) is 10.4 Å². The molecule has 0 bridgehead atoms. The second kappa shape index (κ2) is 6.21. The highest BCUT2D eigenvalue weighted by Crippen LogP contribution is 2.03. The van der Waals surface area contributed by atoms with Crippen LogP contribution < -0.4 is 0 Å². The number of hydrogen-bond donors (Lipinski definition) is 3. The first-order chi connectivity index (χ1) is 6.17. The molecule has 0 heterocycles. The molecule has 13 heavy (non-hydrogen) atoms. The van der Waals surface area contributed by atoms with Crippen LogP contribution in [0.5, 0.6) is 0 Å². The molecule has 8 nitrogen and oxygen atoms in total. The molecule has 0 aliphatic heterocycles. The monoisotopic (exact) mass is 191 g/mol. The minimum absolute atomic E-state index is 0.0762. The van der Waals surface area contributed by atoms with Crippen LogP contribution in [-0.2, 0) is 9.63 Å². The molecule has 0 saturated carbocycles. The Morgan fingerprint density at radius 2 is 2.23 bits per heavy atom. The molecule has 0 saturated heterocycles. The predicted molar refractivity (Wildman–Crippen MR) is 39.2 cm³/mol. The Hall–Kier alpha value is -1.34. The van der Waals surface area contributed by atoms with Crippen LogP contribution in [0, 0.1) is 0 Å². The van der Waals surface area contributed by atoms with E-state index < -0.39 is 24.9 Å². The Bertz CT molecular complexity index is 204. The molecule has 74 valence electrons. The fourth-order valence-electron chi connectivity index (χ4n) is 0.586. The number of aldehydes is 1. The molecule has 0 spiro atoms. The van der Waals surface area contributed by atoms with E-state index in [-0.39, 0.29) is 6.29 Å². The molecule has 0 aliphatic carbocycles. The maximum Gasteiger partial charge on any atom is 0.159 e. The molecule has 0 aromatic rings. The van der Waals surface area contributed by atoms with Gasteiger partial charge < -0.3 is 25.0 Å². The molecule has 0 aromatic carbocycles. The number of aliphatic hydroxyl groups excluding tert-OH is 3. The number of azide groups is 1. The number of carbonyl (C=O) groups is 1. The topological polar surface area (TPSA) is 136 Å². The van der Waals surface area contributed by atoms with Crippen LogP contribution >= 0.6 is 0 Å². The quantitative estimate of drug-likeness (QED) is 0.154. The van der Waals surface area contributed by atoms with Gasteiger partial charge in [-0.1, -0.05) is 0 Å². The summed E-state index contributed by atoms with van der Waals surface area (Å²) in [4.78, 5) is 16.4. The molecular weight excluding hydrogens is 182 g/mol. The largest absolute Gasteiger partial charge is 0.425 e. The first-order valence-electron chi connectivity index (χ1n) is 3.29. The van der Waals surface area contributed by atoms with Gasteiger partial charge in [0.1, 0.15) is 17.5 Å². The van der Waals surface area contributed by atoms with E-state index in [0.717, 1.165) is 0 Å². The van der Waals surface area contributed by atoms with Crippen molar-refractivity contribution < 1.29 is 25.0 Å². The molecule has 8 heteroatoms. The standard InChI is InChI=1S/C5H9N3O5/c6-7-8-13-4(2-10)5(12)3(11)1-9/h1,3-5,10-12H,2H2/t3-,4+,5-/m0/s1. The van der Waals surface area contributed by atoms with Crippen molar-refractivity contribution in [1.82, 2.24) is 0 Å². The summed E-state index contributed by atoms with van der Waals surface area (Å²) in [7, 11) is 0. The van der Waals surface area contributed by atoms with Crippen LogP contribution in [-0.4, -0.2) is 46.5 Å². The highest BCUT2D eigenvalue weighted by Gasteiger charge is 2.26. The van der Waals surface area contributed by atoms with Gasteiger partial charge in [-0.2, -0.15) is 0 Å².